The number of ether oxygens (including phenoxy) is 1. The molecule has 2 atom stereocenters. The van der Waals surface area contributed by atoms with E-state index in [2.05, 4.69) is 91.0 Å². The molecule has 3 heteroatoms. The summed E-state index contributed by atoms with van der Waals surface area (Å²) in [6.45, 7) is 0. The molecule has 0 heterocycles. The molecule has 1 fully saturated rings. The first-order valence-corrected chi connectivity index (χ1v) is 12.1. The zero-order valence-corrected chi connectivity index (χ0v) is 17.3. The Hall–Kier alpha value is -2.65. The first-order chi connectivity index (χ1) is 13.8. The summed E-state index contributed by atoms with van der Waals surface area (Å²) in [5.74, 6) is -0.0439. The maximum absolute atomic E-state index is 12.3. The van der Waals surface area contributed by atoms with Gasteiger partial charge in [-0.05, 0) is 33.9 Å². The van der Waals surface area contributed by atoms with Gasteiger partial charge < -0.3 is 4.74 Å². The van der Waals surface area contributed by atoms with Crippen molar-refractivity contribution in [2.75, 3.05) is 7.11 Å². The molecule has 0 spiro atoms. The van der Waals surface area contributed by atoms with Crippen LogP contribution in [0.2, 0.25) is 5.54 Å². The van der Waals surface area contributed by atoms with E-state index in [-0.39, 0.29) is 11.9 Å². The first-order valence-electron chi connectivity index (χ1n) is 10.0. The Bertz CT molecular complexity index is 812. The molecule has 0 aromatic heterocycles. The first kappa shape index (κ1) is 18.7. The van der Waals surface area contributed by atoms with Gasteiger partial charge in [-0.25, -0.2) is 0 Å². The smallest absolute Gasteiger partial charge is 0.308 e. The van der Waals surface area contributed by atoms with Gasteiger partial charge in [0.25, 0.3) is 0 Å². The number of hydrogen-bond acceptors (Lipinski definition) is 2. The second kappa shape index (κ2) is 8.15. The van der Waals surface area contributed by atoms with Gasteiger partial charge in [-0.15, -0.1) is 0 Å². The van der Waals surface area contributed by atoms with Crippen molar-refractivity contribution in [2.24, 2.45) is 5.92 Å². The molecule has 0 saturated heterocycles. The fourth-order valence-corrected chi connectivity index (χ4v) is 10.9. The minimum atomic E-state index is -2.30. The van der Waals surface area contributed by atoms with Gasteiger partial charge in [-0.1, -0.05) is 97.4 Å². The van der Waals surface area contributed by atoms with Crippen LogP contribution in [0, 0.1) is 5.92 Å². The van der Waals surface area contributed by atoms with Crippen molar-refractivity contribution in [3.63, 3.8) is 0 Å². The van der Waals surface area contributed by atoms with Gasteiger partial charge >= 0.3 is 5.97 Å². The van der Waals surface area contributed by atoms with Gasteiger partial charge in [0.05, 0.1) is 13.0 Å². The summed E-state index contributed by atoms with van der Waals surface area (Å²) in [4.78, 5) is 12.3. The lowest BCUT2D eigenvalue weighted by atomic mass is 10.1. The number of methoxy groups -OCH3 is 1. The van der Waals surface area contributed by atoms with Crippen molar-refractivity contribution in [3.05, 3.63) is 91.0 Å². The summed E-state index contributed by atoms with van der Waals surface area (Å²) in [7, 11) is -0.793. The topological polar surface area (TPSA) is 26.3 Å². The highest BCUT2D eigenvalue weighted by Gasteiger charge is 2.49. The van der Waals surface area contributed by atoms with Gasteiger partial charge in [0.1, 0.15) is 0 Å². The molecule has 0 bridgehead atoms. The van der Waals surface area contributed by atoms with E-state index in [1.807, 2.05) is 0 Å². The van der Waals surface area contributed by atoms with Gasteiger partial charge in [-0.3, -0.25) is 4.79 Å². The molecular weight excluding hydrogens is 360 g/mol. The molecule has 4 rings (SSSR count). The lowest BCUT2D eigenvalue weighted by molar-refractivity contribution is -0.145. The van der Waals surface area contributed by atoms with Crippen LogP contribution in [0.3, 0.4) is 0 Å². The van der Waals surface area contributed by atoms with Crippen LogP contribution >= 0.6 is 0 Å². The van der Waals surface area contributed by atoms with E-state index in [4.69, 9.17) is 4.74 Å². The van der Waals surface area contributed by atoms with Crippen molar-refractivity contribution in [1.82, 2.24) is 0 Å². The summed E-state index contributed by atoms with van der Waals surface area (Å²) in [6.07, 6.45) is 2.88. The Morgan fingerprint density at radius 2 is 1.18 bits per heavy atom. The fraction of sp³-hybridized carbons (Fsp3) is 0.240. The van der Waals surface area contributed by atoms with Crippen LogP contribution < -0.4 is 15.6 Å². The zero-order chi connectivity index (χ0) is 19.4. The van der Waals surface area contributed by atoms with E-state index in [1.165, 1.54) is 22.7 Å². The van der Waals surface area contributed by atoms with Gasteiger partial charge in [0, 0.05) is 0 Å². The molecule has 1 saturated carbocycles. The van der Waals surface area contributed by atoms with E-state index in [0.29, 0.717) is 5.54 Å². The van der Waals surface area contributed by atoms with Crippen LogP contribution in [0.1, 0.15) is 19.3 Å². The molecule has 0 N–H and O–H groups in total. The number of rotatable bonds is 5. The Morgan fingerprint density at radius 1 is 0.750 bits per heavy atom. The highest BCUT2D eigenvalue weighted by molar-refractivity contribution is 7.12. The lowest BCUT2D eigenvalue weighted by Gasteiger charge is -2.39. The second-order valence-electron chi connectivity index (χ2n) is 7.64. The molecular formula is C25H26O2Si. The van der Waals surface area contributed by atoms with E-state index in [1.54, 1.807) is 0 Å². The Kier molecular flexibility index (Phi) is 5.44. The lowest BCUT2D eigenvalue weighted by Crippen LogP contribution is -2.69. The van der Waals surface area contributed by atoms with Crippen molar-refractivity contribution in [2.45, 2.75) is 24.8 Å². The quantitative estimate of drug-likeness (QED) is 0.381. The van der Waals surface area contributed by atoms with Crippen LogP contribution in [0.4, 0.5) is 0 Å². The Morgan fingerprint density at radius 3 is 1.57 bits per heavy atom. The number of esters is 1. The molecule has 2 nitrogen and oxygen atoms in total. The normalized spacial score (nSPS) is 19.3. The zero-order valence-electron chi connectivity index (χ0n) is 16.3. The fourth-order valence-electron chi connectivity index (χ4n) is 5.07. The van der Waals surface area contributed by atoms with Gasteiger partial charge in [-0.2, -0.15) is 0 Å². The third kappa shape index (κ3) is 3.20. The average molecular weight is 387 g/mol. The largest absolute Gasteiger partial charge is 0.469 e. The van der Waals surface area contributed by atoms with E-state index in [0.717, 1.165) is 19.3 Å². The van der Waals surface area contributed by atoms with Crippen molar-refractivity contribution < 1.29 is 9.53 Å². The third-order valence-electron chi connectivity index (χ3n) is 6.27. The summed E-state index contributed by atoms with van der Waals surface area (Å²) in [5, 5.41) is 4.26. The molecule has 0 aliphatic heterocycles. The molecule has 0 amide bonds. The Labute approximate surface area is 168 Å². The van der Waals surface area contributed by atoms with Crippen molar-refractivity contribution in [3.8, 4) is 0 Å². The SMILES string of the molecule is COC(=O)C1CC[C@@H]([Si](c2ccccc2)(c2ccccc2)c2ccccc2)C1. The molecule has 1 aliphatic carbocycles. The number of hydrogen-bond donors (Lipinski definition) is 0. The minimum Gasteiger partial charge on any atom is -0.469 e. The van der Waals surface area contributed by atoms with Crippen molar-refractivity contribution in [1.29, 1.82) is 0 Å². The summed E-state index contributed by atoms with van der Waals surface area (Å²) in [5.41, 5.74) is 0.462. The van der Waals surface area contributed by atoms with E-state index < -0.39 is 8.07 Å². The van der Waals surface area contributed by atoms with E-state index in [9.17, 15) is 4.79 Å². The van der Waals surface area contributed by atoms with Crippen LogP contribution in [0.25, 0.3) is 0 Å². The summed E-state index contributed by atoms with van der Waals surface area (Å²) in [6, 6.07) is 32.9. The molecule has 1 aliphatic rings. The number of carbonyl (C=O) groups excluding carboxylic acids is 1. The third-order valence-corrected chi connectivity index (χ3v) is 11.7. The van der Waals surface area contributed by atoms with Crippen LogP contribution in [0.5, 0.6) is 0 Å². The highest BCUT2D eigenvalue weighted by atomic mass is 28.3. The molecule has 1 unspecified atom stereocenters. The number of carbonyl (C=O) groups is 1. The average Bonchev–Trinajstić information content (AvgIpc) is 3.26. The van der Waals surface area contributed by atoms with E-state index >= 15 is 0 Å². The van der Waals surface area contributed by atoms with Crippen LogP contribution in [-0.4, -0.2) is 21.2 Å². The molecule has 3 aromatic rings. The van der Waals surface area contributed by atoms with Crippen molar-refractivity contribution >= 4 is 29.6 Å². The van der Waals surface area contributed by atoms with Crippen LogP contribution in [0.15, 0.2) is 91.0 Å². The minimum absolute atomic E-state index is 0.0120. The monoisotopic (exact) mass is 386 g/mol. The van der Waals surface area contributed by atoms with Gasteiger partial charge in [0.2, 0.25) is 0 Å². The Balaban J connectivity index is 1.93. The molecule has 0 radical (unpaired) electrons. The maximum atomic E-state index is 12.3. The predicted molar refractivity (Wildman–Crippen MR) is 117 cm³/mol. The summed E-state index contributed by atoms with van der Waals surface area (Å²) >= 11 is 0. The predicted octanol–water partition coefficient (Wildman–Crippen LogP) is 3.50. The second-order valence-corrected chi connectivity index (χ2v) is 11.8. The van der Waals surface area contributed by atoms with Gasteiger partial charge in [0.15, 0.2) is 8.07 Å². The maximum Gasteiger partial charge on any atom is 0.308 e. The van der Waals surface area contributed by atoms with Crippen LogP contribution in [-0.2, 0) is 9.53 Å². The molecule has 28 heavy (non-hydrogen) atoms. The highest BCUT2D eigenvalue weighted by Crippen LogP contribution is 2.42. The molecule has 3 aromatic carbocycles. The molecule has 142 valence electrons. The standard InChI is InChI=1S/C25H26O2Si/c1-27-25(26)20-17-18-24(19-20)28(21-11-5-2-6-12-21,22-13-7-3-8-14-22)23-15-9-4-10-16-23/h2-16,20,24H,17-19H2,1H3/t20?,24-/m1/s1. The summed E-state index contributed by atoms with van der Waals surface area (Å²) < 4.78 is 5.09. The number of benzene rings is 3.